The Morgan fingerprint density at radius 1 is 1.41 bits per heavy atom. The van der Waals surface area contributed by atoms with Gasteiger partial charge < -0.3 is 19.8 Å². The Labute approximate surface area is 161 Å². The fraction of sp³-hybridized carbons (Fsp3) is 0.316. The zero-order valence-electron chi connectivity index (χ0n) is 15.2. The monoisotopic (exact) mass is 387 g/mol. The van der Waals surface area contributed by atoms with Crippen LogP contribution in [0.4, 0.5) is 5.82 Å². The second kappa shape index (κ2) is 8.30. The second-order valence-electron chi connectivity index (χ2n) is 5.85. The first-order valence-corrected chi connectivity index (χ1v) is 9.55. The van der Waals surface area contributed by atoms with E-state index in [0.29, 0.717) is 34.6 Å². The summed E-state index contributed by atoms with van der Waals surface area (Å²) in [6, 6.07) is 5.45. The number of thioether (sulfide) groups is 1. The van der Waals surface area contributed by atoms with Gasteiger partial charge in [0.15, 0.2) is 16.7 Å². The Bertz CT molecular complexity index is 926. The van der Waals surface area contributed by atoms with Crippen molar-refractivity contribution < 1.29 is 14.3 Å². The highest BCUT2D eigenvalue weighted by molar-refractivity contribution is 7.99. The van der Waals surface area contributed by atoms with Crippen LogP contribution in [0, 0.1) is 0 Å². The molecule has 0 saturated heterocycles. The number of anilines is 1. The molecule has 0 aliphatic carbocycles. The van der Waals surface area contributed by atoms with Crippen molar-refractivity contribution in [3.63, 3.8) is 0 Å². The van der Waals surface area contributed by atoms with Crippen molar-refractivity contribution in [2.45, 2.75) is 24.4 Å². The smallest absolute Gasteiger partial charge is 0.257 e. The predicted octanol–water partition coefficient (Wildman–Crippen LogP) is 2.93. The van der Waals surface area contributed by atoms with Gasteiger partial charge in [-0.15, -0.1) is 6.58 Å². The lowest BCUT2D eigenvalue weighted by Gasteiger charge is -2.26. The van der Waals surface area contributed by atoms with Gasteiger partial charge in [-0.3, -0.25) is 9.59 Å². The standard InChI is InChI=1S/C19H21N3O4S/c1-4-9-27-19-21-17-15(18(24)22-19)12(10-14(23)20-17)11-7-6-8-13(25-3)16(11)26-5-2/h4,6-8,12H,1,5,9-10H2,2-3H3,(H2,20,21,22,23,24)/t12-/m0/s1. The number of benzene rings is 1. The molecule has 0 saturated carbocycles. The first-order chi connectivity index (χ1) is 13.1. The maximum atomic E-state index is 12.8. The van der Waals surface area contributed by atoms with E-state index in [9.17, 15) is 9.59 Å². The van der Waals surface area contributed by atoms with Gasteiger partial charge in [0.1, 0.15) is 5.82 Å². The van der Waals surface area contributed by atoms with Crippen LogP contribution in [0.2, 0.25) is 0 Å². The number of nitrogens with zero attached hydrogens (tertiary/aromatic N) is 1. The molecule has 27 heavy (non-hydrogen) atoms. The molecule has 0 unspecified atom stereocenters. The van der Waals surface area contributed by atoms with Gasteiger partial charge in [-0.05, 0) is 13.0 Å². The maximum Gasteiger partial charge on any atom is 0.257 e. The lowest BCUT2D eigenvalue weighted by Crippen LogP contribution is -2.31. The topological polar surface area (TPSA) is 93.3 Å². The number of fused-ring (bicyclic) bond motifs is 1. The first kappa shape index (κ1) is 19.0. The molecule has 0 spiro atoms. The van der Waals surface area contributed by atoms with Crippen LogP contribution >= 0.6 is 11.8 Å². The van der Waals surface area contributed by atoms with Gasteiger partial charge in [-0.25, -0.2) is 4.98 Å². The van der Waals surface area contributed by atoms with E-state index in [1.807, 2.05) is 19.1 Å². The van der Waals surface area contributed by atoms with E-state index >= 15 is 0 Å². The van der Waals surface area contributed by atoms with Crippen molar-refractivity contribution in [2.75, 3.05) is 24.8 Å². The number of hydrogen-bond acceptors (Lipinski definition) is 6. The summed E-state index contributed by atoms with van der Waals surface area (Å²) >= 11 is 1.34. The maximum absolute atomic E-state index is 12.8. The van der Waals surface area contributed by atoms with E-state index in [4.69, 9.17) is 9.47 Å². The molecule has 0 fully saturated rings. The van der Waals surface area contributed by atoms with Crippen LogP contribution in [0.25, 0.3) is 0 Å². The molecular formula is C19H21N3O4S. The summed E-state index contributed by atoms with van der Waals surface area (Å²) in [5.41, 5.74) is 0.875. The molecule has 1 atom stereocenters. The Morgan fingerprint density at radius 2 is 2.22 bits per heavy atom. The molecular weight excluding hydrogens is 366 g/mol. The fourth-order valence-electron chi connectivity index (χ4n) is 3.09. The molecule has 7 nitrogen and oxygen atoms in total. The molecule has 1 aliphatic rings. The Balaban J connectivity index is 2.14. The number of ether oxygens (including phenoxy) is 2. The molecule has 1 amide bonds. The average Bonchev–Trinajstić information content (AvgIpc) is 2.65. The van der Waals surface area contributed by atoms with E-state index in [1.54, 1.807) is 19.3 Å². The number of aromatic amines is 1. The van der Waals surface area contributed by atoms with Gasteiger partial charge in [0, 0.05) is 23.7 Å². The molecule has 0 radical (unpaired) electrons. The van der Waals surface area contributed by atoms with Crippen molar-refractivity contribution in [3.05, 3.63) is 52.3 Å². The number of methoxy groups -OCH3 is 1. The average molecular weight is 387 g/mol. The van der Waals surface area contributed by atoms with Gasteiger partial charge in [-0.2, -0.15) is 0 Å². The third-order valence-electron chi connectivity index (χ3n) is 4.16. The largest absolute Gasteiger partial charge is 0.493 e. The van der Waals surface area contributed by atoms with Crippen molar-refractivity contribution in [1.82, 2.24) is 9.97 Å². The van der Waals surface area contributed by atoms with Crippen molar-refractivity contribution in [2.24, 2.45) is 0 Å². The molecule has 1 aromatic carbocycles. The Kier molecular flexibility index (Phi) is 5.85. The molecule has 2 aromatic rings. The number of hydrogen-bond donors (Lipinski definition) is 2. The van der Waals surface area contributed by atoms with Gasteiger partial charge in [0.05, 0.1) is 19.3 Å². The molecule has 1 aromatic heterocycles. The van der Waals surface area contributed by atoms with Crippen LogP contribution in [-0.2, 0) is 4.79 Å². The van der Waals surface area contributed by atoms with Crippen LogP contribution in [0.3, 0.4) is 0 Å². The van der Waals surface area contributed by atoms with Gasteiger partial charge in [0.25, 0.3) is 5.56 Å². The lowest BCUT2D eigenvalue weighted by atomic mass is 9.86. The van der Waals surface area contributed by atoms with Gasteiger partial charge in [0.2, 0.25) is 5.91 Å². The minimum atomic E-state index is -0.472. The number of para-hydroxylation sites is 1. The second-order valence-corrected chi connectivity index (χ2v) is 6.86. The zero-order valence-corrected chi connectivity index (χ0v) is 16.0. The Morgan fingerprint density at radius 3 is 2.93 bits per heavy atom. The zero-order chi connectivity index (χ0) is 19.4. The quantitative estimate of drug-likeness (QED) is 0.431. The third-order valence-corrected chi connectivity index (χ3v) is 5.03. The predicted molar refractivity (Wildman–Crippen MR) is 105 cm³/mol. The molecule has 2 heterocycles. The van der Waals surface area contributed by atoms with E-state index in [2.05, 4.69) is 21.9 Å². The SMILES string of the molecule is C=CCSc1nc2c(c(=O)[nH]1)[C@H](c1cccc(OC)c1OCC)CC(=O)N2. The number of rotatable bonds is 7. The van der Waals surface area contributed by atoms with E-state index in [1.165, 1.54) is 11.8 Å². The molecule has 0 bridgehead atoms. The molecule has 3 rings (SSSR count). The van der Waals surface area contributed by atoms with E-state index < -0.39 is 5.92 Å². The number of carbonyl (C=O) groups excluding carboxylic acids is 1. The number of nitrogens with one attached hydrogen (secondary N) is 2. The van der Waals surface area contributed by atoms with Gasteiger partial charge >= 0.3 is 0 Å². The first-order valence-electron chi connectivity index (χ1n) is 8.56. The number of aromatic nitrogens is 2. The molecule has 2 N–H and O–H groups in total. The third kappa shape index (κ3) is 3.85. The summed E-state index contributed by atoms with van der Waals surface area (Å²) in [6.45, 7) is 5.96. The highest BCUT2D eigenvalue weighted by Gasteiger charge is 2.33. The van der Waals surface area contributed by atoms with E-state index in [-0.39, 0.29) is 23.7 Å². The number of carbonyl (C=O) groups is 1. The minimum Gasteiger partial charge on any atom is -0.493 e. The summed E-state index contributed by atoms with van der Waals surface area (Å²) in [7, 11) is 1.56. The summed E-state index contributed by atoms with van der Waals surface area (Å²) < 4.78 is 11.2. The summed E-state index contributed by atoms with van der Waals surface area (Å²) in [6.07, 6.45) is 1.85. The van der Waals surface area contributed by atoms with Crippen LogP contribution < -0.4 is 20.3 Å². The van der Waals surface area contributed by atoms with Crippen molar-refractivity contribution >= 4 is 23.5 Å². The van der Waals surface area contributed by atoms with Crippen molar-refractivity contribution in [3.8, 4) is 11.5 Å². The minimum absolute atomic E-state index is 0.129. The molecule has 1 aliphatic heterocycles. The number of H-pyrrole nitrogens is 1. The molecule has 8 heteroatoms. The molecule has 142 valence electrons. The summed E-state index contributed by atoms with van der Waals surface area (Å²) in [5.74, 6) is 1.32. The van der Waals surface area contributed by atoms with Crippen LogP contribution in [-0.4, -0.2) is 35.3 Å². The fourth-order valence-corrected chi connectivity index (χ4v) is 3.69. The number of amides is 1. The normalized spacial score (nSPS) is 15.6. The van der Waals surface area contributed by atoms with E-state index in [0.717, 1.165) is 5.56 Å². The van der Waals surface area contributed by atoms with Crippen LogP contribution in [0.15, 0.2) is 40.8 Å². The van der Waals surface area contributed by atoms with Gasteiger partial charge in [-0.1, -0.05) is 30.0 Å². The summed E-state index contributed by atoms with van der Waals surface area (Å²) in [4.78, 5) is 32.3. The van der Waals surface area contributed by atoms with Crippen LogP contribution in [0.1, 0.15) is 30.4 Å². The van der Waals surface area contributed by atoms with Crippen molar-refractivity contribution in [1.29, 1.82) is 0 Å². The highest BCUT2D eigenvalue weighted by Crippen LogP contribution is 2.42. The highest BCUT2D eigenvalue weighted by atomic mass is 32.2. The lowest BCUT2D eigenvalue weighted by molar-refractivity contribution is -0.116. The van der Waals surface area contributed by atoms with Crippen LogP contribution in [0.5, 0.6) is 11.5 Å². The summed E-state index contributed by atoms with van der Waals surface area (Å²) in [5, 5.41) is 3.16. The Hall–Kier alpha value is -2.74.